The molecule has 1 aromatic carbocycles. The predicted molar refractivity (Wildman–Crippen MR) is 113 cm³/mol. The third-order valence-corrected chi connectivity index (χ3v) is 5.37. The van der Waals surface area contributed by atoms with Crippen molar-refractivity contribution in [2.24, 2.45) is 5.10 Å². The minimum absolute atomic E-state index is 0.0374. The zero-order chi connectivity index (χ0) is 22.7. The smallest absolute Gasteiger partial charge is 0.276 e. The van der Waals surface area contributed by atoms with Crippen LogP contribution >= 0.6 is 0 Å². The minimum Gasteiger partial charge on any atom is -0.276 e. The van der Waals surface area contributed by atoms with Crippen LogP contribution in [0.15, 0.2) is 41.6 Å². The van der Waals surface area contributed by atoms with Crippen LogP contribution in [0.2, 0.25) is 0 Å². The molecule has 0 saturated heterocycles. The lowest BCUT2D eigenvalue weighted by molar-refractivity contribution is -0.141. The molecule has 1 saturated carbocycles. The molecule has 4 rings (SSSR count). The number of H-pyrrole nitrogens is 1. The van der Waals surface area contributed by atoms with Gasteiger partial charge in [0.05, 0.1) is 24.7 Å². The van der Waals surface area contributed by atoms with Gasteiger partial charge in [0, 0.05) is 23.6 Å². The summed E-state index contributed by atoms with van der Waals surface area (Å²) in [6.07, 6.45) is 1.23. The molecule has 1 amide bonds. The summed E-state index contributed by atoms with van der Waals surface area (Å²) in [4.78, 5) is 12.2. The Morgan fingerprint density at radius 1 is 1.31 bits per heavy atom. The van der Waals surface area contributed by atoms with Crippen LogP contribution in [0.3, 0.4) is 0 Å². The van der Waals surface area contributed by atoms with Gasteiger partial charge in [-0.25, -0.2) is 5.43 Å². The standard InChI is InChI=1S/C22H23F3N6O/c1-2-14-3-5-15(6-4-14)17-12-26-28-18(17)13-27-29-21(32)9-10-31-19(16-7-8-16)11-20(30-31)22(23,24)25/h3-6,11-13,16H,2,7-10H2,1H3,(H,26,28)(H,29,32)/b27-13+. The number of hydrazone groups is 1. The lowest BCUT2D eigenvalue weighted by Crippen LogP contribution is -2.20. The van der Waals surface area contributed by atoms with Gasteiger partial charge in [0.1, 0.15) is 0 Å². The number of aromatic amines is 1. The Morgan fingerprint density at radius 2 is 2.06 bits per heavy atom. The highest BCUT2D eigenvalue weighted by atomic mass is 19.4. The fourth-order valence-corrected chi connectivity index (χ4v) is 3.43. The van der Waals surface area contributed by atoms with E-state index >= 15 is 0 Å². The molecule has 10 heteroatoms. The number of alkyl halides is 3. The van der Waals surface area contributed by atoms with Gasteiger partial charge in [0.15, 0.2) is 5.69 Å². The summed E-state index contributed by atoms with van der Waals surface area (Å²) in [7, 11) is 0. The third-order valence-electron chi connectivity index (χ3n) is 5.37. The molecule has 0 aliphatic heterocycles. The van der Waals surface area contributed by atoms with Crippen molar-refractivity contribution in [2.45, 2.75) is 51.2 Å². The van der Waals surface area contributed by atoms with Crippen LogP contribution in [0, 0.1) is 0 Å². The van der Waals surface area contributed by atoms with Crippen molar-refractivity contribution in [3.8, 4) is 11.1 Å². The van der Waals surface area contributed by atoms with E-state index < -0.39 is 17.8 Å². The Labute approximate surface area is 182 Å². The number of amides is 1. The van der Waals surface area contributed by atoms with Gasteiger partial charge in [0.2, 0.25) is 5.91 Å². The minimum atomic E-state index is -4.50. The molecule has 0 bridgehead atoms. The third kappa shape index (κ3) is 5.06. The maximum Gasteiger partial charge on any atom is 0.435 e. The molecule has 2 N–H and O–H groups in total. The van der Waals surface area contributed by atoms with Crippen molar-refractivity contribution in [3.05, 3.63) is 59.2 Å². The SMILES string of the molecule is CCc1ccc(-c2cn[nH]c2/C=N/NC(=O)CCn2nc(C(F)(F)F)cc2C2CC2)cc1. The van der Waals surface area contributed by atoms with Crippen molar-refractivity contribution in [2.75, 3.05) is 0 Å². The van der Waals surface area contributed by atoms with Crippen LogP contribution in [-0.2, 0) is 23.9 Å². The number of benzene rings is 1. The van der Waals surface area contributed by atoms with E-state index in [2.05, 4.69) is 32.7 Å². The second-order valence-electron chi connectivity index (χ2n) is 7.74. The quantitative estimate of drug-likeness (QED) is 0.402. The Hall–Kier alpha value is -3.43. The van der Waals surface area contributed by atoms with E-state index in [0.29, 0.717) is 11.4 Å². The molecule has 0 spiro atoms. The molecule has 0 unspecified atom stereocenters. The topological polar surface area (TPSA) is 88.0 Å². The summed E-state index contributed by atoms with van der Waals surface area (Å²) in [5, 5.41) is 14.5. The van der Waals surface area contributed by atoms with Crippen LogP contribution in [0.4, 0.5) is 13.2 Å². The average molecular weight is 444 g/mol. The highest BCUT2D eigenvalue weighted by Crippen LogP contribution is 2.42. The van der Waals surface area contributed by atoms with Crippen molar-refractivity contribution < 1.29 is 18.0 Å². The monoisotopic (exact) mass is 444 g/mol. The van der Waals surface area contributed by atoms with Crippen LogP contribution in [0.5, 0.6) is 0 Å². The maximum absolute atomic E-state index is 13.0. The number of hydrogen-bond acceptors (Lipinski definition) is 4. The number of halogens is 3. The largest absolute Gasteiger partial charge is 0.435 e. The Morgan fingerprint density at radius 3 is 2.72 bits per heavy atom. The first kappa shape index (κ1) is 21.8. The maximum atomic E-state index is 13.0. The number of nitrogens with one attached hydrogen (secondary N) is 2. The summed E-state index contributed by atoms with van der Waals surface area (Å²) < 4.78 is 40.2. The van der Waals surface area contributed by atoms with Crippen LogP contribution < -0.4 is 5.43 Å². The van der Waals surface area contributed by atoms with E-state index in [1.54, 1.807) is 6.20 Å². The molecule has 1 fully saturated rings. The normalized spacial score (nSPS) is 14.2. The summed E-state index contributed by atoms with van der Waals surface area (Å²) in [5.74, 6) is -0.328. The van der Waals surface area contributed by atoms with Crippen molar-refractivity contribution in [1.82, 2.24) is 25.4 Å². The van der Waals surface area contributed by atoms with E-state index in [1.807, 2.05) is 24.3 Å². The summed E-state index contributed by atoms with van der Waals surface area (Å²) in [6.45, 7) is 2.14. The van der Waals surface area contributed by atoms with E-state index in [9.17, 15) is 18.0 Å². The van der Waals surface area contributed by atoms with Gasteiger partial charge in [-0.3, -0.25) is 14.6 Å². The Bertz CT molecular complexity index is 1110. The molecule has 32 heavy (non-hydrogen) atoms. The summed E-state index contributed by atoms with van der Waals surface area (Å²) in [5.41, 5.74) is 5.69. The zero-order valence-electron chi connectivity index (χ0n) is 17.5. The number of nitrogens with zero attached hydrogens (tertiary/aromatic N) is 4. The first-order valence-corrected chi connectivity index (χ1v) is 10.4. The van der Waals surface area contributed by atoms with E-state index in [-0.39, 0.29) is 18.9 Å². The van der Waals surface area contributed by atoms with Gasteiger partial charge in [-0.1, -0.05) is 31.2 Å². The highest BCUT2D eigenvalue weighted by molar-refractivity contribution is 5.88. The van der Waals surface area contributed by atoms with Gasteiger partial charge in [-0.15, -0.1) is 0 Å². The molecule has 7 nitrogen and oxygen atoms in total. The van der Waals surface area contributed by atoms with Crippen LogP contribution in [-0.4, -0.2) is 32.1 Å². The number of hydrogen-bond donors (Lipinski definition) is 2. The molecule has 168 valence electrons. The Balaban J connectivity index is 1.35. The molecular formula is C22H23F3N6O. The van der Waals surface area contributed by atoms with Gasteiger partial charge >= 0.3 is 6.18 Å². The zero-order valence-corrected chi connectivity index (χ0v) is 17.5. The number of aryl methyl sites for hydroxylation is 2. The van der Waals surface area contributed by atoms with Gasteiger partial charge in [-0.05, 0) is 36.5 Å². The molecule has 1 aliphatic carbocycles. The Kier molecular flexibility index (Phi) is 6.11. The number of rotatable bonds is 8. The fraction of sp³-hybridized carbons (Fsp3) is 0.364. The fourth-order valence-electron chi connectivity index (χ4n) is 3.43. The lowest BCUT2D eigenvalue weighted by atomic mass is 10.0. The number of carbonyl (C=O) groups excluding carboxylic acids is 1. The molecule has 3 aromatic rings. The predicted octanol–water partition coefficient (Wildman–Crippen LogP) is 4.27. The summed E-state index contributed by atoms with van der Waals surface area (Å²) in [6, 6.07) is 9.16. The first-order valence-electron chi connectivity index (χ1n) is 10.4. The van der Waals surface area contributed by atoms with E-state index in [4.69, 9.17) is 0 Å². The molecule has 0 atom stereocenters. The van der Waals surface area contributed by atoms with Crippen molar-refractivity contribution in [3.63, 3.8) is 0 Å². The molecule has 1 aliphatic rings. The van der Waals surface area contributed by atoms with Crippen LogP contribution in [0.1, 0.15) is 54.7 Å². The van der Waals surface area contributed by atoms with Crippen molar-refractivity contribution >= 4 is 12.1 Å². The highest BCUT2D eigenvalue weighted by Gasteiger charge is 2.37. The van der Waals surface area contributed by atoms with Crippen molar-refractivity contribution in [1.29, 1.82) is 0 Å². The second kappa shape index (κ2) is 8.97. The lowest BCUT2D eigenvalue weighted by Gasteiger charge is -2.06. The molecule has 2 heterocycles. The van der Waals surface area contributed by atoms with Gasteiger partial charge in [0.25, 0.3) is 0 Å². The first-order chi connectivity index (χ1) is 15.3. The van der Waals surface area contributed by atoms with E-state index in [1.165, 1.54) is 16.5 Å². The molecular weight excluding hydrogens is 421 g/mol. The van der Waals surface area contributed by atoms with E-state index in [0.717, 1.165) is 36.5 Å². The molecule has 2 aromatic heterocycles. The van der Waals surface area contributed by atoms with Crippen LogP contribution in [0.25, 0.3) is 11.1 Å². The number of carbonyl (C=O) groups is 1. The average Bonchev–Trinajstić information content (AvgIpc) is 3.34. The van der Waals surface area contributed by atoms with Gasteiger partial charge < -0.3 is 0 Å². The molecule has 0 radical (unpaired) electrons. The number of aromatic nitrogens is 4. The van der Waals surface area contributed by atoms with Gasteiger partial charge in [-0.2, -0.15) is 28.5 Å². The summed E-state index contributed by atoms with van der Waals surface area (Å²) >= 11 is 0. The second-order valence-corrected chi connectivity index (χ2v) is 7.74.